The van der Waals surface area contributed by atoms with Gasteiger partial charge in [-0.25, -0.2) is 0 Å². The summed E-state index contributed by atoms with van der Waals surface area (Å²) in [6, 6.07) is 7.88. The number of nitrogens with one attached hydrogen (secondary N) is 1. The first-order valence-corrected chi connectivity index (χ1v) is 6.33. The molecule has 2 rings (SSSR count). The zero-order valence-electron chi connectivity index (χ0n) is 9.98. The van der Waals surface area contributed by atoms with Crippen molar-refractivity contribution >= 4 is 22.9 Å². The highest BCUT2D eigenvalue weighted by atomic mass is 32.1. The molecule has 4 heteroatoms. The lowest BCUT2D eigenvalue weighted by Gasteiger charge is -2.17. The highest BCUT2D eigenvalue weighted by molar-refractivity contribution is 7.80. The van der Waals surface area contributed by atoms with Gasteiger partial charge in [0.15, 0.2) is 0 Å². The van der Waals surface area contributed by atoms with E-state index in [1.807, 2.05) is 24.3 Å². The second-order valence-corrected chi connectivity index (χ2v) is 4.86. The van der Waals surface area contributed by atoms with E-state index in [2.05, 4.69) is 12.2 Å². The molecule has 1 aliphatic rings. The van der Waals surface area contributed by atoms with Crippen molar-refractivity contribution in [3.8, 4) is 0 Å². The van der Waals surface area contributed by atoms with Crippen molar-refractivity contribution in [3.63, 3.8) is 0 Å². The Labute approximate surface area is 107 Å². The topological polar surface area (TPSA) is 47.3 Å². The minimum Gasteiger partial charge on any atom is -0.389 e. The number of rotatable bonds is 4. The van der Waals surface area contributed by atoms with Crippen LogP contribution in [0.25, 0.3) is 0 Å². The largest absolute Gasteiger partial charge is 0.389 e. The predicted octanol–water partition coefficient (Wildman–Crippen LogP) is 2.16. The summed E-state index contributed by atoms with van der Waals surface area (Å²) in [5, 5.41) is 3.42. The zero-order valence-corrected chi connectivity index (χ0v) is 10.8. The van der Waals surface area contributed by atoms with Gasteiger partial charge in [-0.2, -0.15) is 0 Å². The molecule has 1 saturated heterocycles. The first-order valence-electron chi connectivity index (χ1n) is 5.93. The summed E-state index contributed by atoms with van der Waals surface area (Å²) in [7, 11) is 0. The summed E-state index contributed by atoms with van der Waals surface area (Å²) in [5.41, 5.74) is 7.62. The molecular weight excluding hydrogens is 232 g/mol. The summed E-state index contributed by atoms with van der Waals surface area (Å²) in [6.45, 7) is 3.89. The molecule has 1 heterocycles. The standard InChI is InChI=1S/C13H18N2OS/c1-9-10(6-7-16-9)8-15-12-5-3-2-4-11(12)13(14)17/h2-5,9-10,15H,6-8H2,1H3,(H2,14,17). The fourth-order valence-electron chi connectivity index (χ4n) is 2.14. The van der Waals surface area contributed by atoms with E-state index in [1.165, 1.54) is 0 Å². The van der Waals surface area contributed by atoms with E-state index in [9.17, 15) is 0 Å². The van der Waals surface area contributed by atoms with E-state index in [4.69, 9.17) is 22.7 Å². The Hall–Kier alpha value is -1.13. The number of nitrogens with two attached hydrogens (primary N) is 1. The van der Waals surface area contributed by atoms with Gasteiger partial charge < -0.3 is 15.8 Å². The number of hydrogen-bond donors (Lipinski definition) is 2. The molecule has 0 aliphatic carbocycles. The van der Waals surface area contributed by atoms with Crippen LogP contribution in [0, 0.1) is 5.92 Å². The summed E-state index contributed by atoms with van der Waals surface area (Å²) in [4.78, 5) is 0.434. The fourth-order valence-corrected chi connectivity index (χ4v) is 2.32. The van der Waals surface area contributed by atoms with Gasteiger partial charge in [-0.3, -0.25) is 0 Å². The zero-order chi connectivity index (χ0) is 12.3. The molecule has 1 fully saturated rings. The molecule has 1 aliphatic heterocycles. The molecule has 0 amide bonds. The molecule has 2 atom stereocenters. The van der Waals surface area contributed by atoms with Crippen LogP contribution in [0.4, 0.5) is 5.69 Å². The summed E-state index contributed by atoms with van der Waals surface area (Å²) >= 11 is 5.03. The van der Waals surface area contributed by atoms with Gasteiger partial charge in [0.2, 0.25) is 0 Å². The van der Waals surface area contributed by atoms with Crippen LogP contribution >= 0.6 is 12.2 Å². The monoisotopic (exact) mass is 250 g/mol. The smallest absolute Gasteiger partial charge is 0.106 e. The van der Waals surface area contributed by atoms with Crippen LogP contribution < -0.4 is 11.1 Å². The van der Waals surface area contributed by atoms with Crippen LogP contribution in [-0.2, 0) is 4.74 Å². The van der Waals surface area contributed by atoms with Crippen LogP contribution in [0.1, 0.15) is 18.9 Å². The maximum absolute atomic E-state index is 5.69. The second-order valence-electron chi connectivity index (χ2n) is 4.42. The van der Waals surface area contributed by atoms with Crippen LogP contribution in [-0.4, -0.2) is 24.2 Å². The van der Waals surface area contributed by atoms with Gasteiger partial charge in [0.25, 0.3) is 0 Å². The second kappa shape index (κ2) is 5.47. The minimum absolute atomic E-state index is 0.333. The van der Waals surface area contributed by atoms with Gasteiger partial charge in [0.05, 0.1) is 6.10 Å². The van der Waals surface area contributed by atoms with Crippen molar-refractivity contribution < 1.29 is 4.74 Å². The third-order valence-corrected chi connectivity index (χ3v) is 3.50. The third-order valence-electron chi connectivity index (χ3n) is 3.28. The number of anilines is 1. The van der Waals surface area contributed by atoms with Gasteiger partial charge in [-0.1, -0.05) is 24.4 Å². The fraction of sp³-hybridized carbons (Fsp3) is 0.462. The molecule has 1 aromatic rings. The van der Waals surface area contributed by atoms with Crippen LogP contribution in [0.15, 0.2) is 24.3 Å². The first kappa shape index (κ1) is 12.3. The molecule has 3 nitrogen and oxygen atoms in total. The Bertz CT molecular complexity index is 408. The maximum atomic E-state index is 5.69. The molecule has 3 N–H and O–H groups in total. The van der Waals surface area contributed by atoms with Crippen molar-refractivity contribution in [1.82, 2.24) is 0 Å². The Morgan fingerprint density at radius 1 is 1.53 bits per heavy atom. The van der Waals surface area contributed by atoms with Gasteiger partial charge >= 0.3 is 0 Å². The van der Waals surface area contributed by atoms with E-state index >= 15 is 0 Å². The van der Waals surface area contributed by atoms with Gasteiger partial charge in [0.1, 0.15) is 4.99 Å². The summed E-state index contributed by atoms with van der Waals surface area (Å²) in [5.74, 6) is 0.564. The van der Waals surface area contributed by atoms with E-state index < -0.39 is 0 Å². The normalized spacial score (nSPS) is 23.6. The molecule has 0 radical (unpaired) electrons. The molecule has 1 aromatic carbocycles. The molecule has 0 saturated carbocycles. The lowest BCUT2D eigenvalue weighted by Crippen LogP contribution is -2.22. The van der Waals surface area contributed by atoms with Gasteiger partial charge in [-0.05, 0) is 25.5 Å². The van der Waals surface area contributed by atoms with Crippen molar-refractivity contribution in [1.29, 1.82) is 0 Å². The molecule has 0 aromatic heterocycles. The van der Waals surface area contributed by atoms with E-state index in [-0.39, 0.29) is 0 Å². The van der Waals surface area contributed by atoms with E-state index in [0.29, 0.717) is 17.0 Å². The summed E-state index contributed by atoms with van der Waals surface area (Å²) in [6.07, 6.45) is 1.45. The molecule has 0 spiro atoms. The molecule has 92 valence electrons. The summed E-state index contributed by atoms with van der Waals surface area (Å²) < 4.78 is 5.54. The number of ether oxygens (including phenoxy) is 1. The highest BCUT2D eigenvalue weighted by Crippen LogP contribution is 2.22. The van der Waals surface area contributed by atoms with E-state index in [0.717, 1.165) is 30.8 Å². The number of hydrogen-bond acceptors (Lipinski definition) is 3. The number of benzene rings is 1. The average Bonchev–Trinajstić information content (AvgIpc) is 2.72. The third kappa shape index (κ3) is 2.96. The Balaban J connectivity index is 2.01. The molecule has 0 bridgehead atoms. The number of para-hydroxylation sites is 1. The Kier molecular flexibility index (Phi) is 3.97. The Morgan fingerprint density at radius 2 is 2.29 bits per heavy atom. The van der Waals surface area contributed by atoms with Crippen molar-refractivity contribution in [3.05, 3.63) is 29.8 Å². The van der Waals surface area contributed by atoms with Crippen molar-refractivity contribution in [2.24, 2.45) is 11.7 Å². The number of thiocarbonyl (C=S) groups is 1. The van der Waals surface area contributed by atoms with Crippen LogP contribution in [0.3, 0.4) is 0 Å². The first-order chi connectivity index (χ1) is 8.18. The van der Waals surface area contributed by atoms with Gasteiger partial charge in [-0.15, -0.1) is 0 Å². The quantitative estimate of drug-likeness (QED) is 0.804. The van der Waals surface area contributed by atoms with E-state index in [1.54, 1.807) is 0 Å². The lowest BCUT2D eigenvalue weighted by atomic mass is 10.0. The predicted molar refractivity (Wildman–Crippen MR) is 74.3 cm³/mol. The Morgan fingerprint density at radius 3 is 2.94 bits per heavy atom. The van der Waals surface area contributed by atoms with Crippen molar-refractivity contribution in [2.45, 2.75) is 19.4 Å². The molecule has 2 unspecified atom stereocenters. The lowest BCUT2D eigenvalue weighted by molar-refractivity contribution is 0.108. The average molecular weight is 250 g/mol. The SMILES string of the molecule is CC1OCCC1CNc1ccccc1C(N)=S. The molecular formula is C13H18N2OS. The van der Waals surface area contributed by atoms with Crippen LogP contribution in [0.2, 0.25) is 0 Å². The maximum Gasteiger partial charge on any atom is 0.106 e. The highest BCUT2D eigenvalue weighted by Gasteiger charge is 2.23. The minimum atomic E-state index is 0.333. The van der Waals surface area contributed by atoms with Gasteiger partial charge in [0, 0.05) is 30.3 Å². The molecule has 17 heavy (non-hydrogen) atoms. The van der Waals surface area contributed by atoms with Crippen LogP contribution in [0.5, 0.6) is 0 Å². The van der Waals surface area contributed by atoms with Crippen molar-refractivity contribution in [2.75, 3.05) is 18.5 Å².